The molecule has 2 aromatic rings. The number of nitrogens with one attached hydrogen (secondary N) is 3. The first-order valence-electron chi connectivity index (χ1n) is 8.09. The zero-order valence-electron chi connectivity index (χ0n) is 13.3. The summed E-state index contributed by atoms with van der Waals surface area (Å²) in [6.07, 6.45) is 4.49. The van der Waals surface area contributed by atoms with Gasteiger partial charge >= 0.3 is 6.03 Å². The van der Waals surface area contributed by atoms with Crippen LogP contribution in [0.15, 0.2) is 30.5 Å². The van der Waals surface area contributed by atoms with E-state index in [2.05, 4.69) is 20.8 Å². The molecule has 1 aliphatic carbocycles. The number of aromatic nitrogens is 2. The maximum absolute atomic E-state index is 13.5. The minimum atomic E-state index is -0.174. The molecule has 0 saturated carbocycles. The number of aryl methyl sites for hydroxylation is 1. The molecule has 3 N–H and O–H groups in total. The van der Waals surface area contributed by atoms with E-state index in [4.69, 9.17) is 0 Å². The van der Waals surface area contributed by atoms with Crippen molar-refractivity contribution in [3.05, 3.63) is 53.1 Å². The highest BCUT2D eigenvalue weighted by atomic mass is 32.2. The summed E-state index contributed by atoms with van der Waals surface area (Å²) >= 11 is 1.61. The smallest absolute Gasteiger partial charge is 0.315 e. The van der Waals surface area contributed by atoms with Crippen LogP contribution in [-0.2, 0) is 18.6 Å². The van der Waals surface area contributed by atoms with Crippen LogP contribution in [-0.4, -0.2) is 34.6 Å². The second kappa shape index (κ2) is 8.19. The average Bonchev–Trinajstić information content (AvgIpc) is 3.04. The highest BCUT2D eigenvalue weighted by molar-refractivity contribution is 7.98. The van der Waals surface area contributed by atoms with Gasteiger partial charge in [-0.25, -0.2) is 9.18 Å². The molecule has 1 aliphatic rings. The first-order chi connectivity index (χ1) is 11.7. The lowest BCUT2D eigenvalue weighted by Gasteiger charge is -2.22. The van der Waals surface area contributed by atoms with Crippen molar-refractivity contribution in [2.75, 3.05) is 12.3 Å². The average molecular weight is 348 g/mol. The zero-order chi connectivity index (χ0) is 16.8. The minimum absolute atomic E-state index is 0.140. The summed E-state index contributed by atoms with van der Waals surface area (Å²) in [5.41, 5.74) is 3.06. The van der Waals surface area contributed by atoms with Crippen LogP contribution in [0.3, 0.4) is 0 Å². The number of halogens is 1. The molecule has 0 spiro atoms. The molecular formula is C17H21FN4OS. The number of fused-ring (bicyclic) bond motifs is 1. The highest BCUT2D eigenvalue weighted by Crippen LogP contribution is 2.18. The van der Waals surface area contributed by atoms with E-state index in [-0.39, 0.29) is 17.9 Å². The molecule has 0 saturated heterocycles. The van der Waals surface area contributed by atoms with Gasteiger partial charge in [0.25, 0.3) is 0 Å². The van der Waals surface area contributed by atoms with E-state index in [0.29, 0.717) is 17.9 Å². The van der Waals surface area contributed by atoms with Crippen LogP contribution < -0.4 is 10.6 Å². The van der Waals surface area contributed by atoms with Crippen LogP contribution in [0.4, 0.5) is 9.18 Å². The van der Waals surface area contributed by atoms with E-state index >= 15 is 0 Å². The van der Waals surface area contributed by atoms with Crippen molar-refractivity contribution in [2.45, 2.75) is 31.1 Å². The van der Waals surface area contributed by atoms with E-state index in [1.807, 2.05) is 12.3 Å². The van der Waals surface area contributed by atoms with Crippen LogP contribution in [0.1, 0.15) is 23.2 Å². The van der Waals surface area contributed by atoms with E-state index in [9.17, 15) is 9.18 Å². The fourth-order valence-corrected chi connectivity index (χ4v) is 3.65. The fourth-order valence-electron chi connectivity index (χ4n) is 2.81. The molecule has 0 bridgehead atoms. The zero-order valence-corrected chi connectivity index (χ0v) is 14.2. The van der Waals surface area contributed by atoms with Gasteiger partial charge in [0.2, 0.25) is 0 Å². The Labute approximate surface area is 144 Å². The summed E-state index contributed by atoms with van der Waals surface area (Å²) in [5, 5.41) is 12.9. The molecule has 1 heterocycles. The second-order valence-electron chi connectivity index (χ2n) is 5.86. The van der Waals surface area contributed by atoms with E-state index in [1.165, 1.54) is 17.3 Å². The molecule has 0 fully saturated rings. The Kier molecular flexibility index (Phi) is 5.74. The molecule has 1 aromatic carbocycles. The number of rotatable bonds is 6. The van der Waals surface area contributed by atoms with Gasteiger partial charge in [0.05, 0.1) is 6.20 Å². The standard InChI is InChI=1S/C17H21FN4OS/c18-15-4-2-1-3-12(15)11-24-8-7-19-17(23)21-14-5-6-16-13(9-14)10-20-22-16/h1-4,10,14H,5-9,11H2,(H,20,22)(H2,19,21,23)/t14-/m0/s1. The molecule has 24 heavy (non-hydrogen) atoms. The molecule has 1 aromatic heterocycles. The molecule has 128 valence electrons. The van der Waals surface area contributed by atoms with Gasteiger partial charge in [0, 0.05) is 29.8 Å². The number of benzene rings is 1. The lowest BCUT2D eigenvalue weighted by atomic mass is 9.94. The Morgan fingerprint density at radius 1 is 1.42 bits per heavy atom. The quantitative estimate of drug-likeness (QED) is 0.703. The van der Waals surface area contributed by atoms with Gasteiger partial charge in [-0.2, -0.15) is 16.9 Å². The number of hydrogen-bond acceptors (Lipinski definition) is 3. The summed E-state index contributed by atoms with van der Waals surface area (Å²) in [6, 6.07) is 6.79. The minimum Gasteiger partial charge on any atom is -0.337 e. The molecular weight excluding hydrogens is 327 g/mol. The second-order valence-corrected chi connectivity index (χ2v) is 6.96. The molecule has 3 rings (SSSR count). The largest absolute Gasteiger partial charge is 0.337 e. The molecule has 7 heteroatoms. The molecule has 0 radical (unpaired) electrons. The summed E-state index contributed by atoms with van der Waals surface area (Å²) in [7, 11) is 0. The van der Waals surface area contributed by atoms with Crippen LogP contribution in [0.25, 0.3) is 0 Å². The molecule has 5 nitrogen and oxygen atoms in total. The SMILES string of the molecule is O=C(NCCSCc1ccccc1F)N[C@H]1CCc2[nH]ncc2C1. The van der Waals surface area contributed by atoms with Crippen LogP contribution in [0, 0.1) is 5.82 Å². The maximum atomic E-state index is 13.5. The lowest BCUT2D eigenvalue weighted by molar-refractivity contribution is 0.236. The first-order valence-corrected chi connectivity index (χ1v) is 9.24. The normalized spacial score (nSPS) is 16.5. The van der Waals surface area contributed by atoms with Crippen molar-refractivity contribution < 1.29 is 9.18 Å². The Morgan fingerprint density at radius 2 is 2.29 bits per heavy atom. The summed E-state index contributed by atoms with van der Waals surface area (Å²) in [5.74, 6) is 1.19. The highest BCUT2D eigenvalue weighted by Gasteiger charge is 2.21. The Morgan fingerprint density at radius 3 is 3.17 bits per heavy atom. The number of urea groups is 1. The number of carbonyl (C=O) groups is 1. The van der Waals surface area contributed by atoms with Gasteiger partial charge in [-0.1, -0.05) is 18.2 Å². The summed E-state index contributed by atoms with van der Waals surface area (Å²) in [4.78, 5) is 11.9. The van der Waals surface area contributed by atoms with Gasteiger partial charge in [0.15, 0.2) is 0 Å². The fraction of sp³-hybridized carbons (Fsp3) is 0.412. The third-order valence-electron chi connectivity index (χ3n) is 4.10. The van der Waals surface area contributed by atoms with Crippen LogP contribution >= 0.6 is 11.8 Å². The first kappa shape index (κ1) is 16.8. The third-order valence-corrected chi connectivity index (χ3v) is 5.11. The molecule has 0 aliphatic heterocycles. The van der Waals surface area contributed by atoms with Gasteiger partial charge in [-0.3, -0.25) is 5.10 Å². The molecule has 1 atom stereocenters. The van der Waals surface area contributed by atoms with Crippen molar-refractivity contribution in [1.82, 2.24) is 20.8 Å². The Bertz CT molecular complexity index is 691. The lowest BCUT2D eigenvalue weighted by Crippen LogP contribution is -2.45. The monoisotopic (exact) mass is 348 g/mol. The predicted octanol–water partition coefficient (Wildman–Crippen LogP) is 2.64. The van der Waals surface area contributed by atoms with Gasteiger partial charge in [-0.15, -0.1) is 0 Å². The number of hydrogen-bond donors (Lipinski definition) is 3. The number of carbonyl (C=O) groups excluding carboxylic acids is 1. The van der Waals surface area contributed by atoms with Crippen molar-refractivity contribution in [1.29, 1.82) is 0 Å². The molecule has 2 amide bonds. The summed E-state index contributed by atoms with van der Waals surface area (Å²) in [6.45, 7) is 0.564. The number of H-pyrrole nitrogens is 1. The van der Waals surface area contributed by atoms with Crippen molar-refractivity contribution in [3.63, 3.8) is 0 Å². The van der Waals surface area contributed by atoms with Crippen molar-refractivity contribution in [3.8, 4) is 0 Å². The van der Waals surface area contributed by atoms with Gasteiger partial charge in [0.1, 0.15) is 5.82 Å². The summed E-state index contributed by atoms with van der Waals surface area (Å²) < 4.78 is 13.5. The van der Waals surface area contributed by atoms with E-state index in [0.717, 1.165) is 25.0 Å². The predicted molar refractivity (Wildman–Crippen MR) is 93.5 cm³/mol. The third kappa shape index (κ3) is 4.50. The number of thioether (sulfide) groups is 1. The Balaban J connectivity index is 1.31. The van der Waals surface area contributed by atoms with Gasteiger partial charge in [-0.05, 0) is 36.5 Å². The number of amides is 2. The topological polar surface area (TPSA) is 69.8 Å². The Hall–Kier alpha value is -2.02. The van der Waals surface area contributed by atoms with Crippen LogP contribution in [0.5, 0.6) is 0 Å². The van der Waals surface area contributed by atoms with Crippen molar-refractivity contribution in [2.24, 2.45) is 0 Å². The van der Waals surface area contributed by atoms with Crippen molar-refractivity contribution >= 4 is 17.8 Å². The van der Waals surface area contributed by atoms with Gasteiger partial charge < -0.3 is 10.6 Å². The van der Waals surface area contributed by atoms with E-state index < -0.39 is 0 Å². The number of nitrogens with zero attached hydrogens (tertiary/aromatic N) is 1. The molecule has 0 unspecified atom stereocenters. The number of aromatic amines is 1. The maximum Gasteiger partial charge on any atom is 0.315 e. The van der Waals surface area contributed by atoms with Crippen LogP contribution in [0.2, 0.25) is 0 Å². The van der Waals surface area contributed by atoms with E-state index in [1.54, 1.807) is 23.9 Å².